The number of carbonyl (C=O) groups is 2. The number of esters is 2. The van der Waals surface area contributed by atoms with Crippen LogP contribution in [0.2, 0.25) is 0 Å². The van der Waals surface area contributed by atoms with E-state index in [4.69, 9.17) is 9.47 Å². The molecule has 0 unspecified atom stereocenters. The van der Waals surface area contributed by atoms with Crippen molar-refractivity contribution in [3.8, 4) is 11.5 Å². The van der Waals surface area contributed by atoms with Gasteiger partial charge in [0.25, 0.3) is 0 Å². The van der Waals surface area contributed by atoms with Crippen LogP contribution in [-0.2, 0) is 14.3 Å². The highest BCUT2D eigenvalue weighted by atomic mass is 32.2. The van der Waals surface area contributed by atoms with Gasteiger partial charge in [-0.1, -0.05) is 23.5 Å². The molecule has 9 heteroatoms. The molecule has 150 valence electrons. The number of hydrogen-bond acceptors (Lipinski definition) is 8. The van der Waals surface area contributed by atoms with Crippen molar-refractivity contribution in [1.29, 1.82) is 0 Å². The van der Waals surface area contributed by atoms with E-state index in [2.05, 4.69) is 4.98 Å². The van der Waals surface area contributed by atoms with E-state index in [1.165, 1.54) is 7.11 Å². The third kappa shape index (κ3) is 2.17. The molecule has 2 aliphatic carbocycles. The molecule has 0 radical (unpaired) electrons. The second-order valence-corrected chi connectivity index (χ2v) is 10.3. The molecule has 1 aromatic carbocycles. The number of H-pyrrole nitrogens is 1. The molecule has 3 fully saturated rings. The second kappa shape index (κ2) is 5.89. The van der Waals surface area contributed by atoms with Crippen molar-refractivity contribution in [2.75, 3.05) is 7.11 Å². The molecule has 2 saturated carbocycles. The van der Waals surface area contributed by atoms with Gasteiger partial charge in [-0.3, -0.25) is 14.4 Å². The van der Waals surface area contributed by atoms with Crippen molar-refractivity contribution in [2.45, 2.75) is 22.6 Å². The largest absolute Gasteiger partial charge is 0.504 e. The fourth-order valence-corrected chi connectivity index (χ4v) is 9.00. The van der Waals surface area contributed by atoms with Crippen molar-refractivity contribution in [2.24, 2.45) is 29.6 Å². The summed E-state index contributed by atoms with van der Waals surface area (Å²) in [5.74, 6) is -1.38. The van der Waals surface area contributed by atoms with Gasteiger partial charge < -0.3 is 19.6 Å². The van der Waals surface area contributed by atoms with E-state index >= 15 is 0 Å². The monoisotopic (exact) mass is 431 g/mol. The minimum Gasteiger partial charge on any atom is -0.504 e. The van der Waals surface area contributed by atoms with Crippen LogP contribution in [-0.4, -0.2) is 34.4 Å². The molecule has 7 atom stereocenters. The van der Waals surface area contributed by atoms with Crippen LogP contribution in [0, 0.1) is 29.6 Å². The number of nitrogens with one attached hydrogen (secondary N) is 1. The molecule has 2 bridgehead atoms. The number of ether oxygens (including phenoxy) is 2. The fraction of sp³-hybridized carbons (Fsp3) is 0.450. The van der Waals surface area contributed by atoms with Crippen LogP contribution in [0.3, 0.4) is 0 Å². The van der Waals surface area contributed by atoms with Crippen LogP contribution < -0.4 is 9.61 Å². The molecule has 0 amide bonds. The second-order valence-electron chi connectivity index (χ2n) is 8.10. The number of fused-ring (bicyclic) bond motifs is 9. The molecule has 1 aromatic heterocycles. The lowest BCUT2D eigenvalue weighted by atomic mass is 9.68. The Morgan fingerprint density at radius 2 is 1.93 bits per heavy atom. The van der Waals surface area contributed by atoms with Gasteiger partial charge in [0.15, 0.2) is 11.5 Å². The van der Waals surface area contributed by atoms with Gasteiger partial charge in [-0.2, -0.15) is 0 Å². The molecular formula is C20H17NO6S2. The normalized spacial score (nSPS) is 36.5. The van der Waals surface area contributed by atoms with Crippen LogP contribution >= 0.6 is 23.1 Å². The van der Waals surface area contributed by atoms with Gasteiger partial charge in [0.2, 0.25) is 0 Å². The highest BCUT2D eigenvalue weighted by molar-refractivity contribution is 8.00. The molecule has 6 rings (SSSR count). The van der Waals surface area contributed by atoms with E-state index in [1.807, 2.05) is 12.1 Å². The smallest absolute Gasteiger partial charge is 0.317 e. The van der Waals surface area contributed by atoms with Crippen LogP contribution in [0.1, 0.15) is 22.8 Å². The number of thioether (sulfide) groups is 1. The Morgan fingerprint density at radius 1 is 1.17 bits per heavy atom. The first-order valence-corrected chi connectivity index (χ1v) is 11.2. The first kappa shape index (κ1) is 17.6. The van der Waals surface area contributed by atoms with Crippen LogP contribution in [0.25, 0.3) is 0 Å². The molecular weight excluding hydrogens is 414 g/mol. The molecule has 29 heavy (non-hydrogen) atoms. The number of aromatic nitrogens is 1. The first-order chi connectivity index (χ1) is 14.0. The topological polar surface area (TPSA) is 106 Å². The number of cyclic esters (lactones) is 2. The van der Waals surface area contributed by atoms with Crippen molar-refractivity contribution in [3.05, 3.63) is 38.3 Å². The van der Waals surface area contributed by atoms with Crippen LogP contribution in [0.4, 0.5) is 0 Å². The summed E-state index contributed by atoms with van der Waals surface area (Å²) in [5.41, 5.74) is 0.693. The highest BCUT2D eigenvalue weighted by Gasteiger charge is 2.69. The SMILES string of the molecule is COc1cccc([C@H]2c3sc(=O)[nH]c3S[C@H]3[C@@H]4C[C@H]([C@H]5C(=O)OC(=O)[C@H]45)[C@H]23)c1O. The van der Waals surface area contributed by atoms with E-state index in [-0.39, 0.29) is 45.5 Å². The minimum atomic E-state index is -0.419. The maximum atomic E-state index is 12.4. The number of phenolic OH excluding ortho intramolecular Hbond substituents is 1. The fourth-order valence-electron chi connectivity index (χ4n) is 6.12. The molecule has 2 aromatic rings. The van der Waals surface area contributed by atoms with E-state index in [9.17, 15) is 19.5 Å². The Morgan fingerprint density at radius 3 is 2.69 bits per heavy atom. The van der Waals surface area contributed by atoms with E-state index in [0.29, 0.717) is 11.3 Å². The number of carbonyl (C=O) groups excluding carboxylic acids is 2. The minimum absolute atomic E-state index is 0.0117. The number of thiazole rings is 1. The molecule has 2 N–H and O–H groups in total. The standard InChI is InChI=1S/C20H17NO6S2/c1-26-9-4-2-3-6(14(9)22)10-11-7-5-8(13-12(7)18(23)27-19(13)24)15(11)28-17-16(10)29-20(25)21-17/h2-4,7-8,10-13,15,22H,5H2,1H3,(H,21,25)/t7-,8+,10+,11+,12+,13+,15-/m0/s1. The summed E-state index contributed by atoms with van der Waals surface area (Å²) in [4.78, 5) is 40.6. The molecule has 4 aliphatic rings. The Kier molecular flexibility index (Phi) is 3.57. The molecule has 3 heterocycles. The lowest BCUT2D eigenvalue weighted by molar-refractivity contribution is -0.154. The number of aromatic hydroxyl groups is 1. The summed E-state index contributed by atoms with van der Waals surface area (Å²) in [6, 6.07) is 5.37. The molecule has 7 nitrogen and oxygen atoms in total. The molecule has 0 spiro atoms. The Bertz CT molecular complexity index is 1120. The maximum absolute atomic E-state index is 12.4. The lowest BCUT2D eigenvalue weighted by Gasteiger charge is -2.42. The Labute approximate surface area is 173 Å². The highest BCUT2D eigenvalue weighted by Crippen LogP contribution is 2.68. The van der Waals surface area contributed by atoms with Gasteiger partial charge in [-0.15, -0.1) is 11.8 Å². The van der Waals surface area contributed by atoms with E-state index < -0.39 is 17.9 Å². The summed E-state index contributed by atoms with van der Waals surface area (Å²) in [6.07, 6.45) is 0.791. The average molecular weight is 431 g/mol. The number of aromatic amines is 1. The predicted octanol–water partition coefficient (Wildman–Crippen LogP) is 2.34. The van der Waals surface area contributed by atoms with Crippen molar-refractivity contribution < 1.29 is 24.2 Å². The molecule has 2 aliphatic heterocycles. The number of phenols is 1. The third-order valence-electron chi connectivity index (χ3n) is 7.04. The summed E-state index contributed by atoms with van der Waals surface area (Å²) < 4.78 is 10.3. The van der Waals surface area contributed by atoms with Crippen molar-refractivity contribution in [1.82, 2.24) is 4.98 Å². The number of hydrogen-bond donors (Lipinski definition) is 2. The number of methoxy groups -OCH3 is 1. The predicted molar refractivity (Wildman–Crippen MR) is 104 cm³/mol. The van der Waals surface area contributed by atoms with E-state index in [1.54, 1.807) is 17.8 Å². The van der Waals surface area contributed by atoms with Crippen molar-refractivity contribution in [3.63, 3.8) is 0 Å². The summed E-state index contributed by atoms with van der Waals surface area (Å²) in [7, 11) is 1.50. The van der Waals surface area contributed by atoms with E-state index in [0.717, 1.165) is 27.7 Å². The molecule has 1 saturated heterocycles. The average Bonchev–Trinajstić information content (AvgIpc) is 3.41. The lowest BCUT2D eigenvalue weighted by Crippen LogP contribution is -2.42. The summed E-state index contributed by atoms with van der Waals surface area (Å²) in [5, 5.41) is 11.8. The zero-order chi connectivity index (χ0) is 20.0. The summed E-state index contributed by atoms with van der Waals surface area (Å²) >= 11 is 2.75. The maximum Gasteiger partial charge on any atom is 0.317 e. The zero-order valence-electron chi connectivity index (χ0n) is 15.3. The van der Waals surface area contributed by atoms with Crippen molar-refractivity contribution >= 4 is 35.0 Å². The Hall–Kier alpha value is -2.26. The van der Waals surface area contributed by atoms with Crippen LogP contribution in [0.5, 0.6) is 11.5 Å². The first-order valence-electron chi connectivity index (χ1n) is 9.50. The van der Waals surface area contributed by atoms with Gasteiger partial charge >= 0.3 is 16.8 Å². The zero-order valence-corrected chi connectivity index (χ0v) is 16.9. The van der Waals surface area contributed by atoms with Gasteiger partial charge in [0, 0.05) is 21.6 Å². The van der Waals surface area contributed by atoms with Gasteiger partial charge in [0.05, 0.1) is 24.0 Å². The van der Waals surface area contributed by atoms with Gasteiger partial charge in [-0.05, 0) is 30.2 Å². The third-order valence-corrected chi connectivity index (χ3v) is 9.63. The van der Waals surface area contributed by atoms with Crippen LogP contribution in [0.15, 0.2) is 28.0 Å². The summed E-state index contributed by atoms with van der Waals surface area (Å²) in [6.45, 7) is 0. The quantitative estimate of drug-likeness (QED) is 0.555. The number of rotatable bonds is 2. The van der Waals surface area contributed by atoms with Gasteiger partial charge in [-0.25, -0.2) is 0 Å². The van der Waals surface area contributed by atoms with Gasteiger partial charge in [0.1, 0.15) is 0 Å². The number of benzene rings is 1. The number of para-hydroxylation sites is 1. The Balaban J connectivity index is 1.54.